The van der Waals surface area contributed by atoms with E-state index in [2.05, 4.69) is 22.3 Å². The molecule has 21 heavy (non-hydrogen) atoms. The lowest BCUT2D eigenvalue weighted by molar-refractivity contribution is -0.120. The third-order valence-electron chi connectivity index (χ3n) is 4.57. The van der Waals surface area contributed by atoms with Crippen LogP contribution < -0.4 is 10.2 Å². The van der Waals surface area contributed by atoms with Gasteiger partial charge in [-0.1, -0.05) is 18.2 Å². The fourth-order valence-electron chi connectivity index (χ4n) is 3.32. The molecule has 0 spiro atoms. The summed E-state index contributed by atoms with van der Waals surface area (Å²) < 4.78 is 0. The van der Waals surface area contributed by atoms with Gasteiger partial charge in [0, 0.05) is 18.8 Å². The number of para-hydroxylation sites is 1. The summed E-state index contributed by atoms with van der Waals surface area (Å²) >= 11 is 0. The molecule has 0 saturated carbocycles. The normalized spacial score (nSPS) is 23.2. The lowest BCUT2D eigenvalue weighted by atomic mass is 10.1. The van der Waals surface area contributed by atoms with Crippen molar-refractivity contribution < 1.29 is 4.79 Å². The lowest BCUT2D eigenvalue weighted by Crippen LogP contribution is -2.43. The van der Waals surface area contributed by atoms with Gasteiger partial charge in [0.05, 0.1) is 6.04 Å². The van der Waals surface area contributed by atoms with Crippen molar-refractivity contribution in [2.45, 2.75) is 38.8 Å². The van der Waals surface area contributed by atoms with Crippen LogP contribution in [-0.2, 0) is 11.3 Å². The number of anilines is 1. The Balaban J connectivity index is 1.69. The molecule has 0 bridgehead atoms. The molecule has 0 aliphatic carbocycles. The smallest absolute Gasteiger partial charge is 0.243 e. The molecule has 4 heteroatoms. The largest absolute Gasteiger partial charge is 0.311 e. The Hall–Kier alpha value is -1.39. The highest BCUT2D eigenvalue weighted by Gasteiger charge is 2.26. The first-order valence-electron chi connectivity index (χ1n) is 8.11. The number of likely N-dealkylation sites (tertiary alicyclic amines) is 1. The van der Waals surface area contributed by atoms with Crippen molar-refractivity contribution in [1.29, 1.82) is 0 Å². The predicted molar refractivity (Wildman–Crippen MR) is 85.4 cm³/mol. The zero-order chi connectivity index (χ0) is 14.7. The first kappa shape index (κ1) is 14.5. The highest BCUT2D eigenvalue weighted by Crippen LogP contribution is 2.24. The van der Waals surface area contributed by atoms with E-state index in [0.717, 1.165) is 31.7 Å². The molecule has 1 aromatic rings. The molecule has 1 saturated heterocycles. The van der Waals surface area contributed by atoms with Crippen molar-refractivity contribution in [3.8, 4) is 0 Å². The minimum absolute atomic E-state index is 0.107. The van der Waals surface area contributed by atoms with Crippen molar-refractivity contribution in [3.05, 3.63) is 29.8 Å². The van der Waals surface area contributed by atoms with Crippen molar-refractivity contribution in [3.63, 3.8) is 0 Å². The van der Waals surface area contributed by atoms with Crippen LogP contribution in [0, 0.1) is 0 Å². The van der Waals surface area contributed by atoms with Gasteiger partial charge < -0.3 is 15.1 Å². The number of fused-ring (bicyclic) bond motifs is 1. The van der Waals surface area contributed by atoms with Crippen molar-refractivity contribution >= 4 is 11.6 Å². The number of nitrogens with zero attached hydrogens (tertiary/aromatic N) is 2. The minimum atomic E-state index is -0.107. The van der Waals surface area contributed by atoms with E-state index in [0.29, 0.717) is 0 Å². The van der Waals surface area contributed by atoms with Gasteiger partial charge >= 0.3 is 0 Å². The van der Waals surface area contributed by atoms with Gasteiger partial charge in [-0.15, -0.1) is 0 Å². The summed E-state index contributed by atoms with van der Waals surface area (Å²) in [5.41, 5.74) is 2.30. The van der Waals surface area contributed by atoms with Gasteiger partial charge in [0.15, 0.2) is 0 Å². The summed E-state index contributed by atoms with van der Waals surface area (Å²) in [5, 5.41) is 3.31. The zero-order valence-electron chi connectivity index (χ0n) is 12.8. The summed E-state index contributed by atoms with van der Waals surface area (Å²) in [6.45, 7) is 7.10. The summed E-state index contributed by atoms with van der Waals surface area (Å²) in [6.07, 6.45) is 3.70. The minimum Gasteiger partial charge on any atom is -0.311 e. The molecule has 0 aromatic heterocycles. The van der Waals surface area contributed by atoms with E-state index in [1.54, 1.807) is 0 Å². The lowest BCUT2D eigenvalue weighted by Gasteiger charge is -2.25. The predicted octanol–water partition coefficient (Wildman–Crippen LogP) is 2.00. The Morgan fingerprint density at radius 2 is 1.95 bits per heavy atom. The third-order valence-corrected chi connectivity index (χ3v) is 4.57. The van der Waals surface area contributed by atoms with Gasteiger partial charge in [-0.25, -0.2) is 0 Å². The van der Waals surface area contributed by atoms with Crippen LogP contribution in [0.15, 0.2) is 24.3 Å². The van der Waals surface area contributed by atoms with E-state index in [-0.39, 0.29) is 11.9 Å². The highest BCUT2D eigenvalue weighted by molar-refractivity contribution is 5.98. The fourth-order valence-corrected chi connectivity index (χ4v) is 3.32. The van der Waals surface area contributed by atoms with Crippen LogP contribution in [-0.4, -0.2) is 43.0 Å². The average Bonchev–Trinajstić information content (AvgIpc) is 2.98. The Morgan fingerprint density at radius 3 is 2.76 bits per heavy atom. The number of carbonyl (C=O) groups is 1. The SMILES string of the molecule is CC1NCc2ccccc2N(CCCN2CCCC2)C1=O. The maximum Gasteiger partial charge on any atom is 0.243 e. The number of hydrogen-bond donors (Lipinski definition) is 1. The first-order valence-corrected chi connectivity index (χ1v) is 8.11. The molecule has 4 nitrogen and oxygen atoms in total. The summed E-state index contributed by atoms with van der Waals surface area (Å²) in [4.78, 5) is 17.1. The molecule has 1 fully saturated rings. The van der Waals surface area contributed by atoms with E-state index in [4.69, 9.17) is 0 Å². The Kier molecular flexibility index (Phi) is 4.56. The molecule has 1 atom stereocenters. The van der Waals surface area contributed by atoms with Crippen LogP contribution in [0.3, 0.4) is 0 Å². The molecule has 0 radical (unpaired) electrons. The number of hydrogen-bond acceptors (Lipinski definition) is 3. The standard InChI is InChI=1S/C17H25N3O/c1-14-17(21)20(12-6-11-19-9-4-5-10-19)16-8-3-2-7-15(16)13-18-14/h2-3,7-8,14,18H,4-6,9-13H2,1H3. The van der Waals surface area contributed by atoms with Crippen LogP contribution in [0.5, 0.6) is 0 Å². The molecule has 2 aliphatic heterocycles. The molecule has 3 rings (SSSR count). The van der Waals surface area contributed by atoms with E-state index in [9.17, 15) is 4.79 Å². The quantitative estimate of drug-likeness (QED) is 0.920. The van der Waals surface area contributed by atoms with Gasteiger partial charge in [-0.3, -0.25) is 4.79 Å². The van der Waals surface area contributed by atoms with Gasteiger partial charge in [-0.2, -0.15) is 0 Å². The Labute approximate surface area is 127 Å². The van der Waals surface area contributed by atoms with E-state index in [1.807, 2.05) is 24.0 Å². The van der Waals surface area contributed by atoms with Crippen molar-refractivity contribution in [2.75, 3.05) is 31.1 Å². The Bertz CT molecular complexity index is 497. The Morgan fingerprint density at radius 1 is 1.19 bits per heavy atom. The van der Waals surface area contributed by atoms with Crippen LogP contribution in [0.1, 0.15) is 31.7 Å². The molecule has 2 heterocycles. The van der Waals surface area contributed by atoms with Crippen LogP contribution in [0.25, 0.3) is 0 Å². The molecule has 1 amide bonds. The van der Waals surface area contributed by atoms with Gasteiger partial charge in [0.2, 0.25) is 5.91 Å². The maximum atomic E-state index is 12.6. The van der Waals surface area contributed by atoms with E-state index in [1.165, 1.54) is 31.5 Å². The van der Waals surface area contributed by atoms with E-state index < -0.39 is 0 Å². The average molecular weight is 287 g/mol. The van der Waals surface area contributed by atoms with Crippen molar-refractivity contribution in [1.82, 2.24) is 10.2 Å². The van der Waals surface area contributed by atoms with Gasteiger partial charge in [-0.05, 0) is 57.5 Å². The topological polar surface area (TPSA) is 35.6 Å². The number of carbonyl (C=O) groups excluding carboxylic acids is 1. The number of amides is 1. The summed E-state index contributed by atoms with van der Waals surface area (Å²) in [6, 6.07) is 8.15. The molecule has 2 aliphatic rings. The third kappa shape index (κ3) is 3.27. The van der Waals surface area contributed by atoms with Crippen LogP contribution in [0.2, 0.25) is 0 Å². The van der Waals surface area contributed by atoms with Gasteiger partial charge in [0.25, 0.3) is 0 Å². The molecule has 114 valence electrons. The zero-order valence-corrected chi connectivity index (χ0v) is 12.8. The monoisotopic (exact) mass is 287 g/mol. The van der Waals surface area contributed by atoms with Crippen molar-refractivity contribution in [2.24, 2.45) is 0 Å². The highest BCUT2D eigenvalue weighted by atomic mass is 16.2. The van der Waals surface area contributed by atoms with E-state index >= 15 is 0 Å². The number of rotatable bonds is 4. The molecule has 1 N–H and O–H groups in total. The summed E-state index contributed by atoms with van der Waals surface area (Å²) in [7, 11) is 0. The fraction of sp³-hybridized carbons (Fsp3) is 0.588. The second kappa shape index (κ2) is 6.58. The number of nitrogens with one attached hydrogen (secondary N) is 1. The first-order chi connectivity index (χ1) is 10.3. The van der Waals surface area contributed by atoms with Gasteiger partial charge in [0.1, 0.15) is 0 Å². The maximum absolute atomic E-state index is 12.6. The van der Waals surface area contributed by atoms with Crippen LogP contribution >= 0.6 is 0 Å². The summed E-state index contributed by atoms with van der Waals surface area (Å²) in [5.74, 6) is 0.196. The van der Waals surface area contributed by atoms with Crippen LogP contribution in [0.4, 0.5) is 5.69 Å². The second-order valence-corrected chi connectivity index (χ2v) is 6.12. The number of benzene rings is 1. The molecular weight excluding hydrogens is 262 g/mol. The second-order valence-electron chi connectivity index (χ2n) is 6.12. The molecule has 1 unspecified atom stereocenters. The molecule has 1 aromatic carbocycles. The molecular formula is C17H25N3O.